The highest BCUT2D eigenvalue weighted by atomic mass is 32.2. The quantitative estimate of drug-likeness (QED) is 0.429. The minimum Gasteiger partial charge on any atom is -0.504 e. The number of benzene rings is 1. The molecule has 150 valence electrons. The average Bonchev–Trinajstić information content (AvgIpc) is 3.26. The van der Waals surface area contributed by atoms with Crippen LogP contribution in [0.2, 0.25) is 0 Å². The van der Waals surface area contributed by atoms with E-state index < -0.39 is 21.6 Å². The highest BCUT2D eigenvalue weighted by molar-refractivity contribution is 7.94. The molecule has 1 aromatic carbocycles. The number of anilines is 1. The molecule has 0 atom stereocenters. The molecule has 0 fully saturated rings. The molecule has 1 aromatic heterocycles. The third-order valence-electron chi connectivity index (χ3n) is 3.46. The Morgan fingerprint density at radius 3 is 2.68 bits per heavy atom. The lowest BCUT2D eigenvalue weighted by atomic mass is 10.1. The fraction of sp³-hybridized carbons (Fsp3) is 0.278. The number of thiophene rings is 1. The van der Waals surface area contributed by atoms with Crippen LogP contribution in [0.5, 0.6) is 17.2 Å². The molecule has 8 nitrogen and oxygen atoms in total. The zero-order valence-corrected chi connectivity index (χ0v) is 17.0. The Morgan fingerprint density at radius 1 is 1.32 bits per heavy atom. The average molecular weight is 425 g/mol. The van der Waals surface area contributed by atoms with Gasteiger partial charge in [0.25, 0.3) is 10.0 Å². The monoisotopic (exact) mass is 425 g/mol. The van der Waals surface area contributed by atoms with Gasteiger partial charge in [-0.1, -0.05) is 6.07 Å². The lowest BCUT2D eigenvalue weighted by molar-refractivity contribution is -0.148. The molecule has 0 aliphatic carbocycles. The summed E-state index contributed by atoms with van der Waals surface area (Å²) in [6.07, 6.45) is 2.45. The van der Waals surface area contributed by atoms with E-state index in [0.717, 1.165) is 17.4 Å². The largest absolute Gasteiger partial charge is 0.504 e. The van der Waals surface area contributed by atoms with Crippen molar-refractivity contribution in [1.82, 2.24) is 0 Å². The Morgan fingerprint density at radius 2 is 2.04 bits per heavy atom. The number of hydrogen-bond donors (Lipinski definition) is 2. The van der Waals surface area contributed by atoms with Crippen LogP contribution in [0.4, 0.5) is 5.69 Å². The summed E-state index contributed by atoms with van der Waals surface area (Å²) in [6.45, 7) is 5.02. The fourth-order valence-corrected chi connectivity index (χ4v) is 4.43. The van der Waals surface area contributed by atoms with E-state index in [0.29, 0.717) is 0 Å². The van der Waals surface area contributed by atoms with Crippen LogP contribution in [-0.4, -0.2) is 31.9 Å². The first-order chi connectivity index (χ1) is 13.1. The van der Waals surface area contributed by atoms with E-state index in [-0.39, 0.29) is 39.5 Å². The van der Waals surface area contributed by atoms with Crippen LogP contribution in [0.3, 0.4) is 0 Å². The van der Waals surface area contributed by atoms with Crippen molar-refractivity contribution in [3.8, 4) is 17.2 Å². The SMILES string of the molecule is CC(C)(C)OC(=O)C=Cc1cc(NS(=O)(=O)c2cccs2)c2c(c1O)OCO2. The topological polar surface area (TPSA) is 111 Å². The molecule has 2 heterocycles. The zero-order chi connectivity index (χ0) is 20.5. The molecular formula is C18H19NO7S2. The minimum absolute atomic E-state index is 0.00443. The van der Waals surface area contributed by atoms with Crippen LogP contribution < -0.4 is 14.2 Å². The number of carbonyl (C=O) groups excluding carboxylic acids is 1. The normalized spacial score (nSPS) is 13.7. The first-order valence-electron chi connectivity index (χ1n) is 8.20. The summed E-state index contributed by atoms with van der Waals surface area (Å²) < 4.78 is 43.3. The summed E-state index contributed by atoms with van der Waals surface area (Å²) >= 11 is 1.06. The smallest absolute Gasteiger partial charge is 0.331 e. The number of hydrogen-bond acceptors (Lipinski definition) is 8. The molecule has 0 amide bonds. The van der Waals surface area contributed by atoms with Crippen LogP contribution >= 0.6 is 11.3 Å². The van der Waals surface area contributed by atoms with Gasteiger partial charge in [0.1, 0.15) is 9.81 Å². The predicted octanol–water partition coefficient (Wildman–Crippen LogP) is 3.34. The predicted molar refractivity (Wildman–Crippen MR) is 104 cm³/mol. The Balaban J connectivity index is 1.95. The minimum atomic E-state index is -3.84. The molecule has 0 radical (unpaired) electrons. The van der Waals surface area contributed by atoms with E-state index in [1.165, 1.54) is 18.2 Å². The molecule has 0 unspecified atom stereocenters. The second-order valence-electron chi connectivity index (χ2n) is 6.83. The Bertz CT molecular complexity index is 1020. The van der Waals surface area contributed by atoms with Gasteiger partial charge in [-0.3, -0.25) is 4.72 Å². The van der Waals surface area contributed by atoms with E-state index >= 15 is 0 Å². The van der Waals surface area contributed by atoms with Gasteiger partial charge in [0, 0.05) is 11.6 Å². The maximum absolute atomic E-state index is 12.5. The van der Waals surface area contributed by atoms with Gasteiger partial charge >= 0.3 is 5.97 Å². The van der Waals surface area contributed by atoms with Crippen molar-refractivity contribution in [2.24, 2.45) is 0 Å². The number of carbonyl (C=O) groups is 1. The van der Waals surface area contributed by atoms with Gasteiger partial charge in [0.2, 0.25) is 12.5 Å². The van der Waals surface area contributed by atoms with E-state index in [2.05, 4.69) is 4.72 Å². The molecule has 1 aliphatic heterocycles. The Hall–Kier alpha value is -2.72. The fourth-order valence-electron chi connectivity index (χ4n) is 2.38. The van der Waals surface area contributed by atoms with Crippen molar-refractivity contribution in [1.29, 1.82) is 0 Å². The van der Waals surface area contributed by atoms with Crippen LogP contribution in [0.15, 0.2) is 33.9 Å². The summed E-state index contributed by atoms with van der Waals surface area (Å²) in [6, 6.07) is 4.44. The number of esters is 1. The van der Waals surface area contributed by atoms with Crippen molar-refractivity contribution in [2.45, 2.75) is 30.6 Å². The number of rotatable bonds is 5. The van der Waals surface area contributed by atoms with Gasteiger partial charge in [-0.25, -0.2) is 13.2 Å². The summed E-state index contributed by atoms with van der Waals surface area (Å²) in [5.41, 5.74) is -0.415. The summed E-state index contributed by atoms with van der Waals surface area (Å²) in [5.74, 6) is -0.807. The first-order valence-corrected chi connectivity index (χ1v) is 10.6. The van der Waals surface area contributed by atoms with Crippen LogP contribution in [0.25, 0.3) is 6.08 Å². The summed E-state index contributed by atoms with van der Waals surface area (Å²) in [5, 5.41) is 12.0. The molecule has 0 spiro atoms. The van der Waals surface area contributed by atoms with Crippen LogP contribution in [0, 0.1) is 0 Å². The molecule has 28 heavy (non-hydrogen) atoms. The standard InChI is InChI=1S/C18H19NO7S2/c1-18(2,3)26-13(20)7-6-11-9-12(16-17(15(11)21)25-10-24-16)19-28(22,23)14-5-4-8-27-14/h4-9,19,21H,10H2,1-3H3. The number of fused-ring (bicyclic) bond motifs is 1. The van der Waals surface area contributed by atoms with E-state index in [9.17, 15) is 18.3 Å². The van der Waals surface area contributed by atoms with E-state index in [1.807, 2.05) is 0 Å². The van der Waals surface area contributed by atoms with Crippen molar-refractivity contribution in [2.75, 3.05) is 11.5 Å². The highest BCUT2D eigenvalue weighted by Crippen LogP contribution is 2.48. The molecule has 10 heteroatoms. The lowest BCUT2D eigenvalue weighted by Gasteiger charge is -2.18. The number of phenolic OH excluding ortho intramolecular Hbond substituents is 1. The van der Waals surface area contributed by atoms with Gasteiger partial charge in [0.05, 0.1) is 5.69 Å². The van der Waals surface area contributed by atoms with Gasteiger partial charge in [0.15, 0.2) is 11.5 Å². The molecular weight excluding hydrogens is 406 g/mol. The second-order valence-corrected chi connectivity index (χ2v) is 9.69. The van der Waals surface area contributed by atoms with E-state index in [1.54, 1.807) is 32.2 Å². The lowest BCUT2D eigenvalue weighted by Crippen LogP contribution is -2.22. The summed E-state index contributed by atoms with van der Waals surface area (Å²) in [4.78, 5) is 11.9. The van der Waals surface area contributed by atoms with Crippen LogP contribution in [0.1, 0.15) is 26.3 Å². The maximum atomic E-state index is 12.5. The molecule has 0 saturated carbocycles. The molecule has 0 saturated heterocycles. The molecule has 1 aliphatic rings. The van der Waals surface area contributed by atoms with Crippen molar-refractivity contribution >= 4 is 39.1 Å². The first kappa shape index (κ1) is 20.0. The summed E-state index contributed by atoms with van der Waals surface area (Å²) in [7, 11) is -3.84. The third kappa shape index (κ3) is 4.39. The van der Waals surface area contributed by atoms with Crippen molar-refractivity contribution in [3.05, 3.63) is 35.2 Å². The third-order valence-corrected chi connectivity index (χ3v) is 6.22. The number of nitrogens with one attached hydrogen (secondary N) is 1. The van der Waals surface area contributed by atoms with Gasteiger partial charge in [-0.2, -0.15) is 0 Å². The molecule has 3 rings (SSSR count). The number of aromatic hydroxyl groups is 1. The maximum Gasteiger partial charge on any atom is 0.331 e. The van der Waals surface area contributed by atoms with Gasteiger partial charge in [-0.05, 0) is 44.4 Å². The number of ether oxygens (including phenoxy) is 3. The molecule has 2 aromatic rings. The Labute approximate surface area is 166 Å². The van der Waals surface area contributed by atoms with E-state index in [4.69, 9.17) is 14.2 Å². The molecule has 2 N–H and O–H groups in total. The second kappa shape index (κ2) is 7.36. The molecule has 0 bridgehead atoms. The highest BCUT2D eigenvalue weighted by Gasteiger charge is 2.28. The van der Waals surface area contributed by atoms with Crippen molar-refractivity contribution < 1.29 is 32.5 Å². The van der Waals surface area contributed by atoms with Crippen LogP contribution in [-0.2, 0) is 19.6 Å². The van der Waals surface area contributed by atoms with Gasteiger partial charge in [-0.15, -0.1) is 11.3 Å². The van der Waals surface area contributed by atoms with Crippen molar-refractivity contribution in [3.63, 3.8) is 0 Å². The Kier molecular flexibility index (Phi) is 5.26. The van der Waals surface area contributed by atoms with Gasteiger partial charge < -0.3 is 19.3 Å². The zero-order valence-electron chi connectivity index (χ0n) is 15.4. The number of phenols is 1. The number of sulfonamides is 1.